The molecule has 0 radical (unpaired) electrons. The Bertz CT molecular complexity index is 347. The van der Waals surface area contributed by atoms with Crippen LogP contribution in [-0.2, 0) is 0 Å². The Morgan fingerprint density at radius 3 is 1.94 bits per heavy atom. The smallest absolute Gasteiger partial charge is 0.466 e. The van der Waals surface area contributed by atoms with Crippen molar-refractivity contribution in [2.45, 2.75) is 33.1 Å². The zero-order valence-corrected chi connectivity index (χ0v) is 10.1. The van der Waals surface area contributed by atoms with Gasteiger partial charge >= 0.3 is 6.23 Å². The molecule has 1 rings (SSSR count). The molecule has 0 heterocycles. The van der Waals surface area contributed by atoms with Gasteiger partial charge in [0, 0.05) is 0 Å². The molecule has 0 saturated carbocycles. The fourth-order valence-electron chi connectivity index (χ4n) is 1.09. The first-order valence-electron chi connectivity index (χ1n) is 5.40. The molecule has 0 saturated heterocycles. The molecule has 2 N–H and O–H groups in total. The number of alkyl halides is 2. The Morgan fingerprint density at radius 2 is 1.53 bits per heavy atom. The molecule has 96 valence electrons. The highest BCUT2D eigenvalue weighted by Crippen LogP contribution is 2.22. The number of halogens is 2. The van der Waals surface area contributed by atoms with Gasteiger partial charge in [0.05, 0.1) is 6.10 Å². The maximum absolute atomic E-state index is 12.3. The lowest BCUT2D eigenvalue weighted by Gasteiger charge is -2.18. The zero-order valence-electron chi connectivity index (χ0n) is 10.1. The first-order valence-corrected chi connectivity index (χ1v) is 5.40. The van der Waals surface area contributed by atoms with E-state index in [-0.39, 0.29) is 11.9 Å². The van der Waals surface area contributed by atoms with E-state index >= 15 is 0 Å². The normalized spacial score (nSPS) is 13.6. The predicted molar refractivity (Wildman–Crippen MR) is 61.1 cm³/mol. The largest absolute Gasteiger partial charge is 0.490 e. The van der Waals surface area contributed by atoms with Crippen molar-refractivity contribution in [2.75, 3.05) is 0 Å². The summed E-state index contributed by atoms with van der Waals surface area (Å²) in [4.78, 5) is 0. The molecule has 0 bridgehead atoms. The summed E-state index contributed by atoms with van der Waals surface area (Å²) in [5, 5.41) is 0. The van der Waals surface area contributed by atoms with Crippen LogP contribution < -0.4 is 15.2 Å². The van der Waals surface area contributed by atoms with Gasteiger partial charge in [-0.3, -0.25) is 0 Å². The minimum atomic E-state index is -3.66. The highest BCUT2D eigenvalue weighted by atomic mass is 19.3. The van der Waals surface area contributed by atoms with Crippen molar-refractivity contribution in [3.63, 3.8) is 0 Å². The van der Waals surface area contributed by atoms with Crippen molar-refractivity contribution < 1.29 is 18.3 Å². The van der Waals surface area contributed by atoms with Crippen LogP contribution in [0.3, 0.4) is 0 Å². The van der Waals surface area contributed by atoms with Gasteiger partial charge < -0.3 is 9.47 Å². The summed E-state index contributed by atoms with van der Waals surface area (Å²) in [6, 6.07) is 5.92. The molecule has 0 spiro atoms. The SMILES string of the molecule is CC(C)C(C)Oc1ccc(OC(N)(F)F)cc1. The summed E-state index contributed by atoms with van der Waals surface area (Å²) in [5.41, 5.74) is 4.44. The van der Waals surface area contributed by atoms with Gasteiger partial charge in [0.15, 0.2) is 0 Å². The molecule has 1 aromatic carbocycles. The number of rotatable bonds is 5. The second kappa shape index (κ2) is 5.31. The quantitative estimate of drug-likeness (QED) is 0.640. The summed E-state index contributed by atoms with van der Waals surface area (Å²) in [6.07, 6.45) is -3.61. The van der Waals surface area contributed by atoms with Gasteiger partial charge in [-0.15, -0.1) is 8.78 Å². The summed E-state index contributed by atoms with van der Waals surface area (Å²) < 4.78 is 34.5. The lowest BCUT2D eigenvalue weighted by molar-refractivity contribution is -0.170. The second-order valence-corrected chi connectivity index (χ2v) is 4.20. The second-order valence-electron chi connectivity index (χ2n) is 4.20. The number of hydrogen-bond acceptors (Lipinski definition) is 3. The summed E-state index contributed by atoms with van der Waals surface area (Å²) in [7, 11) is 0. The van der Waals surface area contributed by atoms with Crippen molar-refractivity contribution in [1.82, 2.24) is 0 Å². The standard InChI is InChI=1S/C12H17F2NO2/c1-8(2)9(3)16-10-4-6-11(7-5-10)17-12(13,14)15/h4-9H,15H2,1-3H3. The number of benzene rings is 1. The van der Waals surface area contributed by atoms with Crippen LogP contribution in [0, 0.1) is 5.92 Å². The van der Waals surface area contributed by atoms with Crippen LogP contribution in [0.2, 0.25) is 0 Å². The molecule has 3 nitrogen and oxygen atoms in total. The molecular weight excluding hydrogens is 228 g/mol. The predicted octanol–water partition coefficient (Wildman–Crippen LogP) is 3.00. The first kappa shape index (κ1) is 13.7. The van der Waals surface area contributed by atoms with Gasteiger partial charge in [0.2, 0.25) is 0 Å². The fourth-order valence-corrected chi connectivity index (χ4v) is 1.09. The third kappa shape index (κ3) is 4.99. The highest BCUT2D eigenvalue weighted by molar-refractivity contribution is 5.31. The van der Waals surface area contributed by atoms with Gasteiger partial charge in [0.25, 0.3) is 0 Å². The fraction of sp³-hybridized carbons (Fsp3) is 0.500. The third-order valence-electron chi connectivity index (χ3n) is 2.34. The highest BCUT2D eigenvalue weighted by Gasteiger charge is 2.24. The first-order chi connectivity index (χ1) is 7.78. The van der Waals surface area contributed by atoms with Gasteiger partial charge in [-0.25, -0.2) is 5.73 Å². The van der Waals surface area contributed by atoms with Gasteiger partial charge in [-0.05, 0) is 37.1 Å². The minimum absolute atomic E-state index is 0.00190. The van der Waals surface area contributed by atoms with Gasteiger partial charge in [-0.1, -0.05) is 13.8 Å². The van der Waals surface area contributed by atoms with E-state index in [4.69, 9.17) is 4.74 Å². The van der Waals surface area contributed by atoms with E-state index in [1.807, 2.05) is 20.8 Å². The Balaban J connectivity index is 2.62. The molecule has 0 aliphatic carbocycles. The number of nitrogens with two attached hydrogens (primary N) is 1. The van der Waals surface area contributed by atoms with Gasteiger partial charge in [0.1, 0.15) is 11.5 Å². The van der Waals surface area contributed by atoms with E-state index in [1.165, 1.54) is 12.1 Å². The van der Waals surface area contributed by atoms with Crippen LogP contribution in [0.15, 0.2) is 24.3 Å². The van der Waals surface area contributed by atoms with Crippen LogP contribution in [0.5, 0.6) is 11.5 Å². The molecule has 0 fully saturated rings. The Labute approximate surface area is 99.5 Å². The van der Waals surface area contributed by atoms with Crippen molar-refractivity contribution >= 4 is 0 Å². The third-order valence-corrected chi connectivity index (χ3v) is 2.34. The molecule has 5 heteroatoms. The average Bonchev–Trinajstić information content (AvgIpc) is 2.18. The van der Waals surface area contributed by atoms with Crippen LogP contribution in [0.4, 0.5) is 8.78 Å². The molecule has 0 aromatic heterocycles. The Kier molecular flexibility index (Phi) is 4.28. The van der Waals surface area contributed by atoms with E-state index in [9.17, 15) is 8.78 Å². The maximum atomic E-state index is 12.3. The number of ether oxygens (including phenoxy) is 2. The number of hydrogen-bond donors (Lipinski definition) is 1. The van der Waals surface area contributed by atoms with E-state index in [0.717, 1.165) is 0 Å². The van der Waals surface area contributed by atoms with Crippen LogP contribution in [0.25, 0.3) is 0 Å². The lowest BCUT2D eigenvalue weighted by atomic mass is 10.1. The molecule has 1 atom stereocenters. The summed E-state index contributed by atoms with van der Waals surface area (Å²) in [6.45, 7) is 6.03. The molecular formula is C12H17F2NO2. The summed E-state index contributed by atoms with van der Waals surface area (Å²) >= 11 is 0. The minimum Gasteiger partial charge on any atom is -0.490 e. The molecule has 0 aliphatic rings. The average molecular weight is 245 g/mol. The molecule has 1 unspecified atom stereocenters. The molecule has 1 aromatic rings. The monoisotopic (exact) mass is 245 g/mol. The summed E-state index contributed by atoms with van der Waals surface area (Å²) in [5.74, 6) is 0.986. The lowest BCUT2D eigenvalue weighted by Crippen LogP contribution is -2.35. The zero-order chi connectivity index (χ0) is 13.1. The van der Waals surface area contributed by atoms with E-state index in [1.54, 1.807) is 12.1 Å². The van der Waals surface area contributed by atoms with Crippen molar-refractivity contribution in [3.05, 3.63) is 24.3 Å². The maximum Gasteiger partial charge on any atom is 0.466 e. The van der Waals surface area contributed by atoms with Crippen LogP contribution in [-0.4, -0.2) is 12.3 Å². The van der Waals surface area contributed by atoms with E-state index in [0.29, 0.717) is 11.7 Å². The Hall–Kier alpha value is -1.36. The van der Waals surface area contributed by atoms with Crippen LogP contribution >= 0.6 is 0 Å². The van der Waals surface area contributed by atoms with Crippen molar-refractivity contribution in [2.24, 2.45) is 11.7 Å². The Morgan fingerprint density at radius 1 is 1.06 bits per heavy atom. The topological polar surface area (TPSA) is 44.5 Å². The molecule has 0 amide bonds. The van der Waals surface area contributed by atoms with Gasteiger partial charge in [-0.2, -0.15) is 0 Å². The molecule has 17 heavy (non-hydrogen) atoms. The molecule has 0 aliphatic heterocycles. The van der Waals surface area contributed by atoms with Crippen molar-refractivity contribution in [3.8, 4) is 11.5 Å². The van der Waals surface area contributed by atoms with E-state index < -0.39 is 6.23 Å². The van der Waals surface area contributed by atoms with Crippen LogP contribution in [0.1, 0.15) is 20.8 Å². The van der Waals surface area contributed by atoms with Crippen molar-refractivity contribution in [1.29, 1.82) is 0 Å². The van der Waals surface area contributed by atoms with E-state index in [2.05, 4.69) is 10.5 Å².